The lowest BCUT2D eigenvalue weighted by atomic mass is 9.96. The van der Waals surface area contributed by atoms with Crippen LogP contribution in [-0.2, 0) is 0 Å². The molecule has 18 aromatic rings. The largest absolute Gasteiger partial charge is 0.456 e. The van der Waals surface area contributed by atoms with E-state index in [0.29, 0.717) is 0 Å². The number of furan rings is 3. The molecule has 5 aromatic heterocycles. The Labute approximate surface area is 456 Å². The number of hydrogen-bond acceptors (Lipinski definition) is 5. The van der Waals surface area contributed by atoms with Crippen molar-refractivity contribution in [3.8, 4) is 11.1 Å². The number of nitrogens with zero attached hydrogens (tertiary/aromatic N) is 3. The quantitative estimate of drug-likeness (QED) is 0.159. The molecule has 0 aliphatic heterocycles. The van der Waals surface area contributed by atoms with Crippen molar-refractivity contribution >= 4 is 160 Å². The van der Waals surface area contributed by atoms with Crippen LogP contribution in [0.3, 0.4) is 0 Å². The molecule has 13 aromatic carbocycles. The molecule has 5 heterocycles. The second kappa shape index (κ2) is 16.4. The van der Waals surface area contributed by atoms with Crippen LogP contribution in [0.5, 0.6) is 0 Å². The highest BCUT2D eigenvalue weighted by atomic mass is 16.3. The van der Waals surface area contributed by atoms with E-state index in [9.17, 15) is 0 Å². The summed E-state index contributed by atoms with van der Waals surface area (Å²) >= 11 is 0. The predicted molar refractivity (Wildman–Crippen MR) is 333 cm³/mol. The monoisotopic (exact) mass is 1020 g/mol. The minimum atomic E-state index is 0.855. The topological polar surface area (TPSA) is 50.3 Å². The number of para-hydroxylation sites is 7. The van der Waals surface area contributed by atoms with E-state index in [-0.39, 0.29) is 0 Å². The van der Waals surface area contributed by atoms with E-state index >= 15 is 0 Å². The maximum atomic E-state index is 6.70. The van der Waals surface area contributed by atoms with E-state index in [1.54, 1.807) is 0 Å². The third kappa shape index (κ3) is 6.24. The summed E-state index contributed by atoms with van der Waals surface area (Å²) in [6.07, 6.45) is 0. The third-order valence-electron chi connectivity index (χ3n) is 16.8. The fourth-order valence-electron chi connectivity index (χ4n) is 13.2. The molecule has 6 nitrogen and oxygen atoms in total. The zero-order valence-corrected chi connectivity index (χ0v) is 42.9. The number of aromatic nitrogens is 1. The Kier molecular flexibility index (Phi) is 8.85. The first kappa shape index (κ1) is 43.3. The van der Waals surface area contributed by atoms with Crippen LogP contribution < -0.4 is 9.80 Å². The lowest BCUT2D eigenvalue weighted by molar-refractivity contribution is 0.668. The molecule has 0 radical (unpaired) electrons. The Morgan fingerprint density at radius 3 is 1.21 bits per heavy atom. The van der Waals surface area contributed by atoms with Gasteiger partial charge in [0.2, 0.25) is 0 Å². The first-order chi connectivity index (χ1) is 39.6. The summed E-state index contributed by atoms with van der Waals surface area (Å²) in [5.74, 6) is 0. The maximum Gasteiger partial charge on any atom is 0.159 e. The van der Waals surface area contributed by atoms with Gasteiger partial charge in [-0.3, -0.25) is 0 Å². The molecule has 0 unspecified atom stereocenters. The van der Waals surface area contributed by atoms with E-state index in [0.717, 1.165) is 144 Å². The van der Waals surface area contributed by atoms with Gasteiger partial charge in [0, 0.05) is 76.6 Å². The van der Waals surface area contributed by atoms with Crippen LogP contribution in [0.1, 0.15) is 0 Å². The second-order valence-electron chi connectivity index (χ2n) is 21.2. The number of anilines is 6. The third-order valence-corrected chi connectivity index (χ3v) is 16.8. The molecule has 0 aliphatic rings. The Balaban J connectivity index is 0.879. The zero-order chi connectivity index (χ0) is 52.2. The van der Waals surface area contributed by atoms with Gasteiger partial charge in [0.1, 0.15) is 22.3 Å². The van der Waals surface area contributed by atoms with Gasteiger partial charge in [-0.25, -0.2) is 0 Å². The van der Waals surface area contributed by atoms with Gasteiger partial charge >= 0.3 is 0 Å². The molecule has 0 saturated heterocycles. The summed E-state index contributed by atoms with van der Waals surface area (Å²) in [4.78, 5) is 4.66. The van der Waals surface area contributed by atoms with E-state index in [2.05, 4.69) is 257 Å². The van der Waals surface area contributed by atoms with Crippen LogP contribution >= 0.6 is 0 Å². The average molecular weight is 1020 g/mol. The number of hydrogen-bond donors (Lipinski definition) is 0. The van der Waals surface area contributed by atoms with Gasteiger partial charge in [0.05, 0.1) is 27.9 Å². The first-order valence-electron chi connectivity index (χ1n) is 27.2. The Morgan fingerprint density at radius 1 is 0.250 bits per heavy atom. The van der Waals surface area contributed by atoms with Crippen molar-refractivity contribution in [3.05, 3.63) is 261 Å². The molecule has 0 spiro atoms. The fourth-order valence-corrected chi connectivity index (χ4v) is 13.2. The molecule has 0 bridgehead atoms. The smallest absolute Gasteiger partial charge is 0.159 e. The lowest BCUT2D eigenvalue weighted by Gasteiger charge is -2.26. The number of benzene rings is 13. The van der Waals surface area contributed by atoms with Crippen molar-refractivity contribution in [2.24, 2.45) is 0 Å². The summed E-state index contributed by atoms with van der Waals surface area (Å²) in [6.45, 7) is 0. The number of rotatable bonds is 7. The Bertz CT molecular complexity index is 5290. The number of fused-ring (bicyclic) bond motifs is 17. The average Bonchev–Trinajstić information content (AvgIpc) is 4.51. The van der Waals surface area contributed by atoms with Crippen LogP contribution in [0.2, 0.25) is 0 Å². The maximum absolute atomic E-state index is 6.70. The molecule has 0 saturated carbocycles. The van der Waals surface area contributed by atoms with E-state index < -0.39 is 0 Å². The molecular weight excluding hydrogens is 979 g/mol. The summed E-state index contributed by atoms with van der Waals surface area (Å²) in [5, 5.41) is 16.1. The predicted octanol–water partition coefficient (Wildman–Crippen LogP) is 21.4. The van der Waals surface area contributed by atoms with Crippen LogP contribution in [0.25, 0.3) is 137 Å². The molecule has 0 N–H and O–H groups in total. The zero-order valence-electron chi connectivity index (χ0n) is 42.9. The van der Waals surface area contributed by atoms with Gasteiger partial charge in [-0.2, -0.15) is 0 Å². The molecule has 0 amide bonds. The van der Waals surface area contributed by atoms with Crippen LogP contribution in [0.4, 0.5) is 34.1 Å². The molecule has 0 aliphatic carbocycles. The van der Waals surface area contributed by atoms with Crippen molar-refractivity contribution in [2.45, 2.75) is 0 Å². The molecule has 18 rings (SSSR count). The van der Waals surface area contributed by atoms with Crippen LogP contribution in [-0.4, -0.2) is 4.40 Å². The van der Waals surface area contributed by atoms with Crippen molar-refractivity contribution in [1.29, 1.82) is 0 Å². The van der Waals surface area contributed by atoms with Crippen molar-refractivity contribution < 1.29 is 13.3 Å². The SMILES string of the molecule is c1ccc(N(c2ccc3cc4c5cc(-c6ccc7oc8ccccc8c7c6)cc6c7cc8ccc(N(c9ccccc9)c9cccc%10c9oc9ccccc9%10)cc8cc7n(c4cc3c2)c56)c2cccc3c2oc2ccccc23)cc1. The van der Waals surface area contributed by atoms with Gasteiger partial charge in [-0.05, 0) is 160 Å². The van der Waals surface area contributed by atoms with Gasteiger partial charge in [-0.15, -0.1) is 0 Å². The summed E-state index contributed by atoms with van der Waals surface area (Å²) in [5.41, 5.74) is 17.2. The first-order valence-corrected chi connectivity index (χ1v) is 27.2. The van der Waals surface area contributed by atoms with Gasteiger partial charge in [-0.1, -0.05) is 133 Å². The molecular formula is C74H43N3O3. The molecule has 0 fully saturated rings. The van der Waals surface area contributed by atoms with E-state index in [1.165, 1.54) is 27.1 Å². The van der Waals surface area contributed by atoms with Gasteiger partial charge in [0.15, 0.2) is 11.2 Å². The highest BCUT2D eigenvalue weighted by Crippen LogP contribution is 2.48. The normalized spacial score (nSPS) is 12.2. The summed E-state index contributed by atoms with van der Waals surface area (Å²) < 4.78 is 22.3. The Hall–Kier alpha value is -10.8. The van der Waals surface area contributed by atoms with E-state index in [4.69, 9.17) is 13.3 Å². The summed E-state index contributed by atoms with van der Waals surface area (Å²) in [6, 6.07) is 94.0. The van der Waals surface area contributed by atoms with E-state index in [1.807, 2.05) is 18.2 Å². The van der Waals surface area contributed by atoms with Gasteiger partial charge in [0.25, 0.3) is 0 Å². The second-order valence-corrected chi connectivity index (χ2v) is 21.2. The highest BCUT2D eigenvalue weighted by molar-refractivity contribution is 6.27. The molecule has 372 valence electrons. The fraction of sp³-hybridized carbons (Fsp3) is 0. The minimum Gasteiger partial charge on any atom is -0.456 e. The molecule has 80 heavy (non-hydrogen) atoms. The minimum absolute atomic E-state index is 0.855. The standard InChI is InChI=1S/C74H43N3O3/c1-3-15-50(16-4-1)75(64-24-13-22-57-54-19-7-11-27-69(54)79-73(57)64)52-32-29-44-37-59-62-40-49(46-31-34-71-61(39-46)56-21-9-10-26-68(56)78-71)41-63-60-38-45-30-33-53(36-48(45)43-67(60)77(72(62)63)66(59)42-47(44)35-52)76(51-17-5-2-6-18-51)65-25-14-23-58-55-20-8-12-28-70(55)80-74(58)65/h1-43H. The molecule has 0 atom stereocenters. The Morgan fingerprint density at radius 2 is 0.688 bits per heavy atom. The van der Waals surface area contributed by atoms with Crippen LogP contribution in [0, 0.1) is 0 Å². The van der Waals surface area contributed by atoms with Crippen molar-refractivity contribution in [1.82, 2.24) is 4.40 Å². The van der Waals surface area contributed by atoms with Gasteiger partial charge < -0.3 is 27.5 Å². The van der Waals surface area contributed by atoms with Crippen molar-refractivity contribution in [3.63, 3.8) is 0 Å². The summed E-state index contributed by atoms with van der Waals surface area (Å²) in [7, 11) is 0. The van der Waals surface area contributed by atoms with Crippen molar-refractivity contribution in [2.75, 3.05) is 9.80 Å². The highest BCUT2D eigenvalue weighted by Gasteiger charge is 2.25. The van der Waals surface area contributed by atoms with Crippen LogP contribution in [0.15, 0.2) is 274 Å². The lowest BCUT2D eigenvalue weighted by Crippen LogP contribution is -2.10. The molecule has 6 heteroatoms.